The molecule has 0 aliphatic heterocycles. The van der Waals surface area contributed by atoms with Crippen molar-refractivity contribution in [1.29, 1.82) is 0 Å². The molecule has 2 rings (SSSR count). The van der Waals surface area contributed by atoms with Crippen molar-refractivity contribution >= 4 is 63.5 Å². The molecule has 0 saturated heterocycles. The first kappa shape index (κ1) is 19.0. The lowest BCUT2D eigenvalue weighted by molar-refractivity contribution is -0.139. The van der Waals surface area contributed by atoms with Gasteiger partial charge in [-0.05, 0) is 31.4 Å². The molecular weight excluding hydrogens is 390 g/mol. The standard InChI is InChI=1S/C14H14ClN3O3S3/c1-3-21-11(19)7-23-14-18-17-13(24-14)16-12(20)9-6-8(22-2)4-5-10(9)15/h4-6H,3,7H2,1-2H3,(H,16,17,20). The minimum Gasteiger partial charge on any atom is -0.465 e. The molecule has 24 heavy (non-hydrogen) atoms. The number of halogens is 1. The molecule has 0 atom stereocenters. The van der Waals surface area contributed by atoms with Crippen molar-refractivity contribution in [2.75, 3.05) is 23.9 Å². The second kappa shape index (κ2) is 9.26. The van der Waals surface area contributed by atoms with E-state index in [4.69, 9.17) is 16.3 Å². The lowest BCUT2D eigenvalue weighted by Crippen LogP contribution is -2.12. The Bertz CT molecular complexity index is 739. The van der Waals surface area contributed by atoms with Crippen molar-refractivity contribution in [2.24, 2.45) is 0 Å². The highest BCUT2D eigenvalue weighted by Gasteiger charge is 2.15. The maximum absolute atomic E-state index is 12.3. The number of aromatic nitrogens is 2. The van der Waals surface area contributed by atoms with Crippen LogP contribution >= 0.6 is 46.5 Å². The lowest BCUT2D eigenvalue weighted by atomic mass is 10.2. The van der Waals surface area contributed by atoms with Gasteiger partial charge in [0.25, 0.3) is 5.91 Å². The molecule has 0 spiro atoms. The normalized spacial score (nSPS) is 10.5. The smallest absolute Gasteiger partial charge is 0.316 e. The minimum absolute atomic E-state index is 0.151. The molecular formula is C14H14ClN3O3S3. The molecule has 0 radical (unpaired) electrons. The highest BCUT2D eigenvalue weighted by Crippen LogP contribution is 2.27. The zero-order valence-corrected chi connectivity index (χ0v) is 16.1. The molecule has 0 aliphatic carbocycles. The van der Waals surface area contributed by atoms with E-state index in [1.165, 1.54) is 34.9 Å². The predicted octanol–water partition coefficient (Wildman–Crippen LogP) is 3.82. The van der Waals surface area contributed by atoms with Crippen molar-refractivity contribution in [3.8, 4) is 0 Å². The fraction of sp³-hybridized carbons (Fsp3) is 0.286. The average Bonchev–Trinajstić information content (AvgIpc) is 3.01. The van der Waals surface area contributed by atoms with E-state index in [1.807, 2.05) is 12.3 Å². The summed E-state index contributed by atoms with van der Waals surface area (Å²) >= 11 is 9.99. The van der Waals surface area contributed by atoms with Gasteiger partial charge in [-0.25, -0.2) is 0 Å². The van der Waals surface area contributed by atoms with E-state index in [2.05, 4.69) is 15.5 Å². The van der Waals surface area contributed by atoms with Crippen LogP contribution in [-0.4, -0.2) is 40.7 Å². The topological polar surface area (TPSA) is 81.2 Å². The second-order valence-electron chi connectivity index (χ2n) is 4.27. The molecule has 128 valence electrons. The zero-order chi connectivity index (χ0) is 17.5. The Kier molecular flexibility index (Phi) is 7.35. The number of benzene rings is 1. The quantitative estimate of drug-likeness (QED) is 0.427. The number of nitrogens with zero attached hydrogens (tertiary/aromatic N) is 2. The fourth-order valence-corrected chi connectivity index (χ4v) is 3.80. The Morgan fingerprint density at radius 2 is 2.17 bits per heavy atom. The molecule has 1 heterocycles. The van der Waals surface area contributed by atoms with E-state index in [-0.39, 0.29) is 17.6 Å². The largest absolute Gasteiger partial charge is 0.465 e. The number of nitrogens with one attached hydrogen (secondary N) is 1. The Morgan fingerprint density at radius 3 is 2.88 bits per heavy atom. The summed E-state index contributed by atoms with van der Waals surface area (Å²) < 4.78 is 5.41. The molecule has 1 aromatic heterocycles. The summed E-state index contributed by atoms with van der Waals surface area (Å²) in [4.78, 5) is 24.6. The Morgan fingerprint density at radius 1 is 1.38 bits per heavy atom. The maximum atomic E-state index is 12.3. The predicted molar refractivity (Wildman–Crippen MR) is 98.5 cm³/mol. The number of carbonyl (C=O) groups is 2. The van der Waals surface area contributed by atoms with Crippen molar-refractivity contribution in [3.05, 3.63) is 28.8 Å². The van der Waals surface area contributed by atoms with Crippen molar-refractivity contribution in [2.45, 2.75) is 16.2 Å². The number of hydrogen-bond acceptors (Lipinski definition) is 8. The monoisotopic (exact) mass is 403 g/mol. The third kappa shape index (κ3) is 5.37. The molecule has 2 aromatic rings. The van der Waals surface area contributed by atoms with Gasteiger partial charge in [-0.1, -0.05) is 34.7 Å². The van der Waals surface area contributed by atoms with Gasteiger partial charge in [0.05, 0.1) is 22.9 Å². The molecule has 1 amide bonds. The number of carbonyl (C=O) groups excluding carboxylic acids is 2. The van der Waals surface area contributed by atoms with Gasteiger partial charge in [0, 0.05) is 4.90 Å². The van der Waals surface area contributed by atoms with E-state index < -0.39 is 0 Å². The summed E-state index contributed by atoms with van der Waals surface area (Å²) in [6.07, 6.45) is 1.92. The van der Waals surface area contributed by atoms with Crippen LogP contribution in [0, 0.1) is 0 Å². The number of hydrogen-bond donors (Lipinski definition) is 1. The van der Waals surface area contributed by atoms with E-state index in [0.717, 1.165) is 4.90 Å². The molecule has 6 nitrogen and oxygen atoms in total. The van der Waals surface area contributed by atoms with Crippen LogP contribution in [0.25, 0.3) is 0 Å². The van der Waals surface area contributed by atoms with Crippen LogP contribution in [-0.2, 0) is 9.53 Å². The number of thioether (sulfide) groups is 2. The average molecular weight is 404 g/mol. The number of anilines is 1. The molecule has 0 bridgehead atoms. The number of ether oxygens (including phenoxy) is 1. The summed E-state index contributed by atoms with van der Waals surface area (Å²) in [5.41, 5.74) is 0.374. The van der Waals surface area contributed by atoms with Gasteiger partial charge in [-0.15, -0.1) is 22.0 Å². The Balaban J connectivity index is 1.99. The first-order valence-electron chi connectivity index (χ1n) is 6.80. The lowest BCUT2D eigenvalue weighted by Gasteiger charge is -2.05. The van der Waals surface area contributed by atoms with Gasteiger partial charge in [-0.3, -0.25) is 14.9 Å². The van der Waals surface area contributed by atoms with E-state index in [0.29, 0.717) is 26.7 Å². The third-order valence-electron chi connectivity index (χ3n) is 2.66. The van der Waals surface area contributed by atoms with Crippen molar-refractivity contribution < 1.29 is 14.3 Å². The van der Waals surface area contributed by atoms with Gasteiger partial charge >= 0.3 is 5.97 Å². The van der Waals surface area contributed by atoms with Crippen LogP contribution in [0.2, 0.25) is 5.02 Å². The molecule has 1 N–H and O–H groups in total. The molecule has 0 aliphatic rings. The van der Waals surface area contributed by atoms with Crippen molar-refractivity contribution in [1.82, 2.24) is 10.2 Å². The van der Waals surface area contributed by atoms with Crippen LogP contribution in [0.15, 0.2) is 27.4 Å². The molecule has 10 heteroatoms. The summed E-state index contributed by atoms with van der Waals surface area (Å²) in [7, 11) is 0. The molecule has 1 aromatic carbocycles. The molecule has 0 fully saturated rings. The van der Waals surface area contributed by atoms with Gasteiger partial charge in [0.1, 0.15) is 0 Å². The van der Waals surface area contributed by atoms with Gasteiger partial charge in [-0.2, -0.15) is 0 Å². The summed E-state index contributed by atoms with van der Waals surface area (Å²) in [6, 6.07) is 5.25. The van der Waals surface area contributed by atoms with E-state index in [1.54, 1.807) is 19.1 Å². The fourth-order valence-electron chi connectivity index (χ4n) is 1.61. The van der Waals surface area contributed by atoms with Crippen LogP contribution in [0.3, 0.4) is 0 Å². The Hall–Kier alpha value is -1.29. The van der Waals surface area contributed by atoms with E-state index in [9.17, 15) is 9.59 Å². The first-order valence-corrected chi connectivity index (χ1v) is 10.2. The minimum atomic E-state index is -0.353. The molecule has 0 unspecified atom stereocenters. The number of rotatable bonds is 7. The van der Waals surface area contributed by atoms with Crippen molar-refractivity contribution in [3.63, 3.8) is 0 Å². The van der Waals surface area contributed by atoms with Crippen LogP contribution in [0.1, 0.15) is 17.3 Å². The third-order valence-corrected chi connectivity index (χ3v) is 5.66. The number of esters is 1. The summed E-state index contributed by atoms with van der Waals surface area (Å²) in [6.45, 7) is 2.09. The first-order chi connectivity index (χ1) is 11.5. The zero-order valence-electron chi connectivity index (χ0n) is 12.9. The molecule has 0 saturated carbocycles. The SMILES string of the molecule is CCOC(=O)CSc1nnc(NC(=O)c2cc(SC)ccc2Cl)s1. The summed E-state index contributed by atoms with van der Waals surface area (Å²) in [5, 5.41) is 11.2. The summed E-state index contributed by atoms with van der Waals surface area (Å²) in [5.74, 6) is -0.518. The second-order valence-corrected chi connectivity index (χ2v) is 7.75. The maximum Gasteiger partial charge on any atom is 0.316 e. The van der Waals surface area contributed by atoms with Crippen LogP contribution < -0.4 is 5.32 Å². The van der Waals surface area contributed by atoms with E-state index >= 15 is 0 Å². The highest BCUT2D eigenvalue weighted by atomic mass is 35.5. The van der Waals surface area contributed by atoms with Gasteiger partial charge in [0.15, 0.2) is 4.34 Å². The van der Waals surface area contributed by atoms with Crippen LogP contribution in [0.4, 0.5) is 5.13 Å². The van der Waals surface area contributed by atoms with Crippen LogP contribution in [0.5, 0.6) is 0 Å². The Labute approximate surface area is 156 Å². The highest BCUT2D eigenvalue weighted by molar-refractivity contribution is 8.01. The van der Waals surface area contributed by atoms with Gasteiger partial charge < -0.3 is 4.74 Å². The number of amides is 1. The van der Waals surface area contributed by atoms with Gasteiger partial charge in [0.2, 0.25) is 5.13 Å².